The molecule has 2 fully saturated rings. The highest BCUT2D eigenvalue weighted by molar-refractivity contribution is 5.78. The number of allylic oxidation sites excluding steroid dienone is 2. The van der Waals surface area contributed by atoms with Gasteiger partial charge in [0.1, 0.15) is 0 Å². The summed E-state index contributed by atoms with van der Waals surface area (Å²) < 4.78 is 0. The quantitative estimate of drug-likeness (QED) is 0.781. The van der Waals surface area contributed by atoms with Crippen molar-refractivity contribution < 1.29 is 9.59 Å². The van der Waals surface area contributed by atoms with Crippen molar-refractivity contribution >= 4 is 11.9 Å². The third kappa shape index (κ3) is 3.81. The van der Waals surface area contributed by atoms with Gasteiger partial charge in [-0.3, -0.25) is 4.79 Å². The molecule has 2 aliphatic carbocycles. The molecule has 3 amide bonds. The highest BCUT2D eigenvalue weighted by Gasteiger charge is 2.34. The standard InChI is InChI=1S/C17H27N3O2/c21-16(19-15-7-3-4-8-15)9-10-18-17(22)20-11-13-5-1-2-6-14(13)12-20/h1-2,13-15H,3-12H2,(H,18,22)(H,19,21)/t13-,14+. The van der Waals surface area contributed by atoms with Gasteiger partial charge in [0.2, 0.25) is 5.91 Å². The fourth-order valence-corrected chi connectivity index (χ4v) is 3.95. The highest BCUT2D eigenvalue weighted by Crippen LogP contribution is 2.32. The average Bonchev–Trinajstić information content (AvgIpc) is 3.15. The van der Waals surface area contributed by atoms with Gasteiger partial charge in [-0.1, -0.05) is 25.0 Å². The predicted octanol–water partition coefficient (Wildman–Crippen LogP) is 2.04. The second-order valence-corrected chi connectivity index (χ2v) is 6.90. The zero-order valence-corrected chi connectivity index (χ0v) is 13.2. The van der Waals surface area contributed by atoms with Crippen LogP contribution in [0, 0.1) is 11.8 Å². The third-order valence-corrected chi connectivity index (χ3v) is 5.26. The second-order valence-electron chi connectivity index (χ2n) is 6.90. The van der Waals surface area contributed by atoms with Crippen LogP contribution in [0.15, 0.2) is 12.2 Å². The van der Waals surface area contributed by atoms with Gasteiger partial charge in [-0.25, -0.2) is 4.79 Å². The summed E-state index contributed by atoms with van der Waals surface area (Å²) >= 11 is 0. The minimum Gasteiger partial charge on any atom is -0.353 e. The Morgan fingerprint density at radius 2 is 1.68 bits per heavy atom. The Labute approximate surface area is 132 Å². The summed E-state index contributed by atoms with van der Waals surface area (Å²) in [7, 11) is 0. The maximum atomic E-state index is 12.2. The van der Waals surface area contributed by atoms with E-state index in [-0.39, 0.29) is 11.9 Å². The molecule has 5 nitrogen and oxygen atoms in total. The van der Waals surface area contributed by atoms with Crippen molar-refractivity contribution in [2.24, 2.45) is 11.8 Å². The largest absolute Gasteiger partial charge is 0.353 e. The molecular weight excluding hydrogens is 278 g/mol. The number of rotatable bonds is 4. The van der Waals surface area contributed by atoms with E-state index in [2.05, 4.69) is 22.8 Å². The van der Waals surface area contributed by atoms with Crippen LogP contribution in [0.4, 0.5) is 4.79 Å². The molecule has 0 aromatic rings. The molecule has 0 bridgehead atoms. The molecule has 3 aliphatic rings. The number of hydrogen-bond donors (Lipinski definition) is 2. The fourth-order valence-electron chi connectivity index (χ4n) is 3.95. The molecule has 5 heteroatoms. The summed E-state index contributed by atoms with van der Waals surface area (Å²) in [5.41, 5.74) is 0. The minimum atomic E-state index is -0.0110. The van der Waals surface area contributed by atoms with Gasteiger partial charge in [-0.15, -0.1) is 0 Å². The molecule has 1 saturated heterocycles. The molecule has 1 saturated carbocycles. The molecule has 1 heterocycles. The maximum absolute atomic E-state index is 12.2. The van der Waals surface area contributed by atoms with Crippen LogP contribution in [0.5, 0.6) is 0 Å². The topological polar surface area (TPSA) is 61.4 Å². The number of nitrogens with one attached hydrogen (secondary N) is 2. The monoisotopic (exact) mass is 305 g/mol. The summed E-state index contributed by atoms with van der Waals surface area (Å²) in [6.07, 6.45) is 11.7. The lowest BCUT2D eigenvalue weighted by atomic mass is 9.86. The van der Waals surface area contributed by atoms with E-state index < -0.39 is 0 Å². The van der Waals surface area contributed by atoms with E-state index in [9.17, 15) is 9.59 Å². The van der Waals surface area contributed by atoms with Gasteiger partial charge in [0.25, 0.3) is 0 Å². The number of hydrogen-bond acceptors (Lipinski definition) is 2. The van der Waals surface area contributed by atoms with Crippen molar-refractivity contribution in [3.8, 4) is 0 Å². The summed E-state index contributed by atoms with van der Waals surface area (Å²) in [4.78, 5) is 25.9. The first-order chi connectivity index (χ1) is 10.7. The van der Waals surface area contributed by atoms with E-state index in [1.165, 1.54) is 12.8 Å². The van der Waals surface area contributed by atoms with Crippen molar-refractivity contribution in [2.75, 3.05) is 19.6 Å². The molecule has 0 unspecified atom stereocenters. The zero-order chi connectivity index (χ0) is 15.4. The van der Waals surface area contributed by atoms with Crippen LogP contribution >= 0.6 is 0 Å². The molecular formula is C17H27N3O2. The number of nitrogens with zero attached hydrogens (tertiary/aromatic N) is 1. The number of likely N-dealkylation sites (tertiary alicyclic amines) is 1. The lowest BCUT2D eigenvalue weighted by Crippen LogP contribution is -2.41. The Balaban J connectivity index is 1.33. The normalized spacial score (nSPS) is 27.7. The van der Waals surface area contributed by atoms with Crippen molar-refractivity contribution in [2.45, 2.75) is 51.0 Å². The SMILES string of the molecule is O=C(CCNC(=O)N1C[C@H]2CC=CC[C@H]2C1)NC1CCCC1. The summed E-state index contributed by atoms with van der Waals surface area (Å²) in [5.74, 6) is 1.31. The van der Waals surface area contributed by atoms with Crippen molar-refractivity contribution in [3.05, 3.63) is 12.2 Å². The van der Waals surface area contributed by atoms with E-state index in [4.69, 9.17) is 0 Å². The minimum absolute atomic E-state index is 0.0110. The van der Waals surface area contributed by atoms with Gasteiger partial charge in [0.05, 0.1) is 0 Å². The average molecular weight is 305 g/mol. The molecule has 3 rings (SSSR count). The third-order valence-electron chi connectivity index (χ3n) is 5.26. The van der Waals surface area contributed by atoms with E-state index in [1.807, 2.05) is 4.90 Å². The van der Waals surface area contributed by atoms with Crippen LogP contribution in [0.25, 0.3) is 0 Å². The molecule has 2 N–H and O–H groups in total. The maximum Gasteiger partial charge on any atom is 0.317 e. The number of carbonyl (C=O) groups is 2. The van der Waals surface area contributed by atoms with Gasteiger partial charge in [-0.2, -0.15) is 0 Å². The molecule has 122 valence electrons. The Morgan fingerprint density at radius 3 is 2.32 bits per heavy atom. The van der Waals surface area contributed by atoms with E-state index in [0.29, 0.717) is 30.8 Å². The number of amides is 3. The first-order valence-corrected chi connectivity index (χ1v) is 8.69. The first kappa shape index (κ1) is 15.4. The van der Waals surface area contributed by atoms with Crippen molar-refractivity contribution in [3.63, 3.8) is 0 Å². The molecule has 0 spiro atoms. The molecule has 0 radical (unpaired) electrons. The molecule has 0 aromatic heterocycles. The Kier molecular flexibility index (Phi) is 5.01. The molecule has 0 aromatic carbocycles. The van der Waals surface area contributed by atoms with Crippen LogP contribution in [0.1, 0.15) is 44.9 Å². The zero-order valence-electron chi connectivity index (χ0n) is 13.2. The lowest BCUT2D eigenvalue weighted by molar-refractivity contribution is -0.121. The highest BCUT2D eigenvalue weighted by atomic mass is 16.2. The smallest absolute Gasteiger partial charge is 0.317 e. The van der Waals surface area contributed by atoms with Gasteiger partial charge < -0.3 is 15.5 Å². The van der Waals surface area contributed by atoms with Gasteiger partial charge in [0.15, 0.2) is 0 Å². The van der Waals surface area contributed by atoms with Crippen LogP contribution in [-0.2, 0) is 4.79 Å². The van der Waals surface area contributed by atoms with Crippen LogP contribution < -0.4 is 10.6 Å². The molecule has 1 aliphatic heterocycles. The summed E-state index contributed by atoms with van der Waals surface area (Å²) in [5, 5.41) is 5.95. The molecule has 2 atom stereocenters. The van der Waals surface area contributed by atoms with Crippen LogP contribution in [-0.4, -0.2) is 42.5 Å². The van der Waals surface area contributed by atoms with Gasteiger partial charge >= 0.3 is 6.03 Å². The van der Waals surface area contributed by atoms with E-state index in [1.54, 1.807) is 0 Å². The van der Waals surface area contributed by atoms with Crippen molar-refractivity contribution in [1.29, 1.82) is 0 Å². The number of urea groups is 1. The fraction of sp³-hybridized carbons (Fsp3) is 0.765. The molecule has 22 heavy (non-hydrogen) atoms. The first-order valence-electron chi connectivity index (χ1n) is 8.69. The number of fused-ring (bicyclic) bond motifs is 1. The van der Waals surface area contributed by atoms with Crippen LogP contribution in [0.2, 0.25) is 0 Å². The van der Waals surface area contributed by atoms with E-state index in [0.717, 1.165) is 38.8 Å². The summed E-state index contributed by atoms with van der Waals surface area (Å²) in [6, 6.07) is 0.348. The van der Waals surface area contributed by atoms with E-state index >= 15 is 0 Å². The van der Waals surface area contributed by atoms with Gasteiger partial charge in [-0.05, 0) is 37.5 Å². The van der Waals surface area contributed by atoms with Gasteiger partial charge in [0, 0.05) is 32.1 Å². The Hall–Kier alpha value is -1.52. The Bertz CT molecular complexity index is 427. The predicted molar refractivity (Wildman–Crippen MR) is 85.3 cm³/mol. The van der Waals surface area contributed by atoms with Crippen LogP contribution in [0.3, 0.4) is 0 Å². The van der Waals surface area contributed by atoms with Crippen molar-refractivity contribution in [1.82, 2.24) is 15.5 Å². The Morgan fingerprint density at radius 1 is 1.05 bits per heavy atom. The second kappa shape index (κ2) is 7.16. The summed E-state index contributed by atoms with van der Waals surface area (Å²) in [6.45, 7) is 2.14. The lowest BCUT2D eigenvalue weighted by Gasteiger charge is -2.17. The number of carbonyl (C=O) groups excluding carboxylic acids is 2.